The number of nitrogens with one attached hydrogen (secondary N) is 1. The molecule has 0 unspecified atom stereocenters. The number of ether oxygens (including phenoxy) is 1. The summed E-state index contributed by atoms with van der Waals surface area (Å²) in [6, 6.07) is 8.68. The highest BCUT2D eigenvalue weighted by molar-refractivity contribution is 6.42. The largest absolute Gasteiger partial charge is 0.490 e. The summed E-state index contributed by atoms with van der Waals surface area (Å²) in [5.41, 5.74) is 0. The van der Waals surface area contributed by atoms with E-state index < -0.39 is 0 Å². The van der Waals surface area contributed by atoms with Gasteiger partial charge in [-0.15, -0.1) is 0 Å². The van der Waals surface area contributed by atoms with Gasteiger partial charge in [0, 0.05) is 33.2 Å². The number of halogens is 2. The fourth-order valence-electron chi connectivity index (χ4n) is 2.93. The van der Waals surface area contributed by atoms with Crippen LogP contribution in [0.3, 0.4) is 0 Å². The fraction of sp³-hybridized carbons (Fsp3) is 0.368. The number of hydrogen-bond donors (Lipinski definition) is 1. The average molecular weight is 425 g/mol. The summed E-state index contributed by atoms with van der Waals surface area (Å²) in [6.07, 6.45) is 1.51. The Morgan fingerprint density at radius 3 is 2.61 bits per heavy atom. The Labute approximate surface area is 173 Å². The maximum absolute atomic E-state index is 12.3. The summed E-state index contributed by atoms with van der Waals surface area (Å²) < 4.78 is 10.9. The summed E-state index contributed by atoms with van der Waals surface area (Å²) in [5.74, 6) is 1.61. The minimum atomic E-state index is -0.0839. The van der Waals surface area contributed by atoms with E-state index in [0.717, 1.165) is 5.96 Å². The van der Waals surface area contributed by atoms with Gasteiger partial charge in [0.1, 0.15) is 17.4 Å². The number of amides is 1. The van der Waals surface area contributed by atoms with Crippen molar-refractivity contribution in [1.29, 1.82) is 0 Å². The summed E-state index contributed by atoms with van der Waals surface area (Å²) in [7, 11) is 1.73. The summed E-state index contributed by atoms with van der Waals surface area (Å²) >= 11 is 12.1. The van der Waals surface area contributed by atoms with Crippen LogP contribution in [-0.2, 0) is 0 Å². The van der Waals surface area contributed by atoms with E-state index in [-0.39, 0.29) is 5.91 Å². The molecule has 150 valence electrons. The van der Waals surface area contributed by atoms with E-state index in [1.54, 1.807) is 42.3 Å². The first kappa shape index (κ1) is 20.4. The number of carbonyl (C=O) groups excluding carboxylic acids is 1. The second-order valence-electron chi connectivity index (χ2n) is 6.13. The number of hydrogen-bond acceptors (Lipinski definition) is 4. The Bertz CT molecular complexity index is 819. The van der Waals surface area contributed by atoms with Crippen LogP contribution in [0.2, 0.25) is 10.0 Å². The molecule has 2 aromatic rings. The molecule has 9 heteroatoms. The SMILES string of the molecule is CN=C(NCCOc1cccc(Cl)c1Cl)N1CCN(C(=O)c2ccco2)CC1. The van der Waals surface area contributed by atoms with E-state index in [9.17, 15) is 4.79 Å². The van der Waals surface area contributed by atoms with Crippen molar-refractivity contribution in [1.82, 2.24) is 15.1 Å². The monoisotopic (exact) mass is 424 g/mol. The highest BCUT2D eigenvalue weighted by Crippen LogP contribution is 2.31. The van der Waals surface area contributed by atoms with Crippen LogP contribution in [0, 0.1) is 0 Å². The molecular weight excluding hydrogens is 403 g/mol. The van der Waals surface area contributed by atoms with Gasteiger partial charge in [-0.05, 0) is 24.3 Å². The zero-order valence-electron chi connectivity index (χ0n) is 15.5. The van der Waals surface area contributed by atoms with Gasteiger partial charge in [-0.2, -0.15) is 0 Å². The first-order chi connectivity index (χ1) is 13.6. The molecule has 0 radical (unpaired) electrons. The zero-order valence-corrected chi connectivity index (χ0v) is 17.0. The van der Waals surface area contributed by atoms with Crippen molar-refractivity contribution in [2.75, 3.05) is 46.4 Å². The number of benzene rings is 1. The highest BCUT2D eigenvalue weighted by atomic mass is 35.5. The third-order valence-corrected chi connectivity index (χ3v) is 5.17. The molecule has 0 bridgehead atoms. The summed E-state index contributed by atoms with van der Waals surface area (Å²) in [4.78, 5) is 20.5. The van der Waals surface area contributed by atoms with Crippen molar-refractivity contribution in [3.05, 3.63) is 52.4 Å². The van der Waals surface area contributed by atoms with Gasteiger partial charge in [0.05, 0.1) is 17.8 Å². The van der Waals surface area contributed by atoms with Gasteiger partial charge >= 0.3 is 0 Å². The predicted molar refractivity (Wildman–Crippen MR) is 110 cm³/mol. The third kappa shape index (κ3) is 4.91. The van der Waals surface area contributed by atoms with Crippen LogP contribution in [0.4, 0.5) is 0 Å². The number of guanidine groups is 1. The van der Waals surface area contributed by atoms with Crippen molar-refractivity contribution in [2.45, 2.75) is 0 Å². The van der Waals surface area contributed by atoms with Crippen LogP contribution >= 0.6 is 23.2 Å². The van der Waals surface area contributed by atoms with E-state index >= 15 is 0 Å². The van der Waals surface area contributed by atoms with Gasteiger partial charge < -0.3 is 24.3 Å². The standard InChI is InChI=1S/C19H22Cl2N4O3/c1-22-19(23-7-13-28-15-5-2-4-14(20)17(15)21)25-10-8-24(9-11-25)18(26)16-6-3-12-27-16/h2-6,12H,7-11,13H2,1H3,(H,22,23). The van der Waals surface area contributed by atoms with Crippen LogP contribution in [-0.4, -0.2) is 68.0 Å². The molecule has 1 N–H and O–H groups in total. The van der Waals surface area contributed by atoms with Crippen LogP contribution in [0.15, 0.2) is 46.0 Å². The molecule has 2 heterocycles. The van der Waals surface area contributed by atoms with Crippen molar-refractivity contribution in [2.24, 2.45) is 4.99 Å². The molecule has 1 aliphatic heterocycles. The minimum absolute atomic E-state index is 0.0839. The second-order valence-corrected chi connectivity index (χ2v) is 6.92. The Balaban J connectivity index is 1.43. The molecule has 0 spiro atoms. The normalized spacial score (nSPS) is 14.9. The highest BCUT2D eigenvalue weighted by Gasteiger charge is 2.25. The number of aliphatic imine (C=N–C) groups is 1. The average Bonchev–Trinajstić information content (AvgIpc) is 3.25. The molecule has 0 aliphatic carbocycles. The predicted octanol–water partition coefficient (Wildman–Crippen LogP) is 3.00. The van der Waals surface area contributed by atoms with Crippen molar-refractivity contribution < 1.29 is 13.9 Å². The number of furan rings is 1. The van der Waals surface area contributed by atoms with Gasteiger partial charge in [0.2, 0.25) is 0 Å². The Hall–Kier alpha value is -2.38. The second kappa shape index (κ2) is 9.71. The van der Waals surface area contributed by atoms with E-state index in [2.05, 4.69) is 15.2 Å². The molecular formula is C19H22Cl2N4O3. The molecule has 1 fully saturated rings. The van der Waals surface area contributed by atoms with Crippen LogP contribution in [0.5, 0.6) is 5.75 Å². The molecule has 0 atom stereocenters. The molecule has 1 aliphatic rings. The van der Waals surface area contributed by atoms with E-state index in [0.29, 0.717) is 60.9 Å². The lowest BCUT2D eigenvalue weighted by Crippen LogP contribution is -2.54. The minimum Gasteiger partial charge on any atom is -0.490 e. The fourth-order valence-corrected chi connectivity index (χ4v) is 3.28. The zero-order chi connectivity index (χ0) is 19.9. The van der Waals surface area contributed by atoms with Gasteiger partial charge in [0.25, 0.3) is 5.91 Å². The number of rotatable bonds is 5. The lowest BCUT2D eigenvalue weighted by atomic mass is 10.3. The quantitative estimate of drug-likeness (QED) is 0.453. The summed E-state index contributed by atoms with van der Waals surface area (Å²) in [5, 5.41) is 4.14. The van der Waals surface area contributed by atoms with Crippen molar-refractivity contribution in [3.63, 3.8) is 0 Å². The molecule has 1 aromatic heterocycles. The Morgan fingerprint density at radius 2 is 1.93 bits per heavy atom. The van der Waals surface area contributed by atoms with Crippen LogP contribution in [0.1, 0.15) is 10.6 Å². The molecule has 0 saturated carbocycles. The summed E-state index contributed by atoms with van der Waals surface area (Å²) in [6.45, 7) is 3.56. The van der Waals surface area contributed by atoms with Crippen molar-refractivity contribution in [3.8, 4) is 5.75 Å². The molecule has 1 amide bonds. The number of carbonyl (C=O) groups is 1. The number of nitrogens with zero attached hydrogens (tertiary/aromatic N) is 3. The smallest absolute Gasteiger partial charge is 0.289 e. The maximum Gasteiger partial charge on any atom is 0.289 e. The van der Waals surface area contributed by atoms with Gasteiger partial charge in [0.15, 0.2) is 11.7 Å². The lowest BCUT2D eigenvalue weighted by Gasteiger charge is -2.36. The van der Waals surface area contributed by atoms with Gasteiger partial charge in [-0.3, -0.25) is 9.79 Å². The van der Waals surface area contributed by atoms with E-state index in [4.69, 9.17) is 32.4 Å². The van der Waals surface area contributed by atoms with Gasteiger partial charge in [-0.1, -0.05) is 29.3 Å². The molecule has 3 rings (SSSR count). The topological polar surface area (TPSA) is 70.3 Å². The first-order valence-corrected chi connectivity index (χ1v) is 9.71. The lowest BCUT2D eigenvalue weighted by molar-refractivity contribution is 0.0657. The number of piperazine rings is 1. The molecule has 1 aromatic carbocycles. The first-order valence-electron chi connectivity index (χ1n) is 8.95. The van der Waals surface area contributed by atoms with E-state index in [1.165, 1.54) is 6.26 Å². The van der Waals surface area contributed by atoms with Crippen LogP contribution < -0.4 is 10.1 Å². The molecule has 28 heavy (non-hydrogen) atoms. The molecule has 1 saturated heterocycles. The van der Waals surface area contributed by atoms with Crippen molar-refractivity contribution >= 4 is 35.1 Å². The van der Waals surface area contributed by atoms with Gasteiger partial charge in [-0.25, -0.2) is 0 Å². The maximum atomic E-state index is 12.3. The molecule has 7 nitrogen and oxygen atoms in total. The Kier molecular flexibility index (Phi) is 7.06. The Morgan fingerprint density at radius 1 is 1.18 bits per heavy atom. The third-order valence-electron chi connectivity index (χ3n) is 4.37. The van der Waals surface area contributed by atoms with Crippen LogP contribution in [0.25, 0.3) is 0 Å². The van der Waals surface area contributed by atoms with E-state index in [1.807, 2.05) is 0 Å².